The minimum atomic E-state index is -3.81. The molecule has 0 radical (unpaired) electrons. The van der Waals surface area contributed by atoms with Gasteiger partial charge in [0.05, 0.1) is 12.4 Å². The standard InChI is InChI=1S/C14H20N2O5S/c1-4-16(14(18)21-5-2)22(19,20)10-12-6-8-13(9-7-12)15-11(3)17/h6-9H,4-5,10H2,1-3H3,(H,15,17). The number of benzene rings is 1. The fraction of sp³-hybridized carbons (Fsp3) is 0.429. The van der Waals surface area contributed by atoms with Crippen molar-refractivity contribution in [2.45, 2.75) is 26.5 Å². The fourth-order valence-corrected chi connectivity index (χ4v) is 3.25. The molecule has 1 rings (SSSR count). The number of hydrogen-bond donors (Lipinski definition) is 1. The maximum Gasteiger partial charge on any atom is 0.423 e. The second kappa shape index (κ2) is 7.79. The van der Waals surface area contributed by atoms with Crippen molar-refractivity contribution in [1.82, 2.24) is 4.31 Å². The van der Waals surface area contributed by atoms with E-state index in [2.05, 4.69) is 5.32 Å². The van der Waals surface area contributed by atoms with Crippen molar-refractivity contribution in [2.24, 2.45) is 0 Å². The maximum absolute atomic E-state index is 12.3. The lowest BCUT2D eigenvalue weighted by Crippen LogP contribution is -2.37. The zero-order valence-corrected chi connectivity index (χ0v) is 13.6. The molecule has 2 amide bonds. The van der Waals surface area contributed by atoms with Crippen LogP contribution in [0.2, 0.25) is 0 Å². The minimum absolute atomic E-state index is 0.00510. The molecule has 22 heavy (non-hydrogen) atoms. The Hall–Kier alpha value is -2.09. The second-order valence-corrected chi connectivity index (χ2v) is 6.39. The van der Waals surface area contributed by atoms with Crippen LogP contribution in [0.4, 0.5) is 10.5 Å². The monoisotopic (exact) mass is 328 g/mol. The van der Waals surface area contributed by atoms with Gasteiger partial charge in [0.25, 0.3) is 0 Å². The van der Waals surface area contributed by atoms with Crippen LogP contribution in [0.15, 0.2) is 24.3 Å². The summed E-state index contributed by atoms with van der Waals surface area (Å²) in [5, 5.41) is 2.59. The number of sulfonamides is 1. The van der Waals surface area contributed by atoms with Crippen LogP contribution in [0.5, 0.6) is 0 Å². The van der Waals surface area contributed by atoms with Crippen LogP contribution < -0.4 is 5.32 Å². The van der Waals surface area contributed by atoms with E-state index in [0.29, 0.717) is 15.6 Å². The van der Waals surface area contributed by atoms with E-state index in [1.165, 1.54) is 6.92 Å². The van der Waals surface area contributed by atoms with Crippen LogP contribution in [0, 0.1) is 0 Å². The number of nitrogens with one attached hydrogen (secondary N) is 1. The Bertz CT molecular complexity index is 625. The van der Waals surface area contributed by atoms with Crippen molar-refractivity contribution in [3.63, 3.8) is 0 Å². The van der Waals surface area contributed by atoms with E-state index >= 15 is 0 Å². The van der Waals surface area contributed by atoms with E-state index in [-0.39, 0.29) is 24.8 Å². The lowest BCUT2D eigenvalue weighted by molar-refractivity contribution is -0.114. The van der Waals surface area contributed by atoms with Crippen molar-refractivity contribution in [3.05, 3.63) is 29.8 Å². The molecule has 0 aromatic heterocycles. The quantitative estimate of drug-likeness (QED) is 0.861. The van der Waals surface area contributed by atoms with E-state index in [1.807, 2.05) is 0 Å². The Morgan fingerprint density at radius 3 is 2.23 bits per heavy atom. The summed E-state index contributed by atoms with van der Waals surface area (Å²) >= 11 is 0. The first-order valence-electron chi connectivity index (χ1n) is 6.83. The lowest BCUT2D eigenvalue weighted by atomic mass is 10.2. The number of rotatable bonds is 6. The molecule has 1 aromatic rings. The third kappa shape index (κ3) is 5.03. The van der Waals surface area contributed by atoms with Crippen molar-refractivity contribution in [3.8, 4) is 0 Å². The molecule has 0 aliphatic carbocycles. The highest BCUT2D eigenvalue weighted by Crippen LogP contribution is 2.15. The SMILES string of the molecule is CCOC(=O)N(CC)S(=O)(=O)Cc1ccc(NC(C)=O)cc1. The highest BCUT2D eigenvalue weighted by Gasteiger charge is 2.27. The number of hydrogen-bond acceptors (Lipinski definition) is 5. The predicted molar refractivity (Wildman–Crippen MR) is 82.8 cm³/mol. The molecule has 7 nitrogen and oxygen atoms in total. The Balaban J connectivity index is 2.86. The van der Waals surface area contributed by atoms with E-state index in [1.54, 1.807) is 38.1 Å². The molecule has 0 saturated heterocycles. The van der Waals surface area contributed by atoms with Crippen molar-refractivity contribution in [1.29, 1.82) is 0 Å². The average Bonchev–Trinajstić information content (AvgIpc) is 2.40. The Kier molecular flexibility index (Phi) is 6.36. The lowest BCUT2D eigenvalue weighted by Gasteiger charge is -2.20. The van der Waals surface area contributed by atoms with Gasteiger partial charge in [-0.1, -0.05) is 12.1 Å². The van der Waals surface area contributed by atoms with Gasteiger partial charge < -0.3 is 10.1 Å². The van der Waals surface area contributed by atoms with E-state index < -0.39 is 16.1 Å². The summed E-state index contributed by atoms with van der Waals surface area (Å²) in [6, 6.07) is 6.38. The van der Waals surface area contributed by atoms with Crippen molar-refractivity contribution < 1.29 is 22.7 Å². The highest BCUT2D eigenvalue weighted by atomic mass is 32.2. The van der Waals surface area contributed by atoms with E-state index in [0.717, 1.165) is 0 Å². The maximum atomic E-state index is 12.3. The predicted octanol–water partition coefficient (Wildman–Crippen LogP) is 1.95. The van der Waals surface area contributed by atoms with Gasteiger partial charge in [-0.15, -0.1) is 0 Å². The topological polar surface area (TPSA) is 92.8 Å². The molecular formula is C14H20N2O5S. The number of carbonyl (C=O) groups is 2. The molecule has 122 valence electrons. The van der Waals surface area contributed by atoms with Gasteiger partial charge in [-0.25, -0.2) is 17.5 Å². The molecule has 0 bridgehead atoms. The molecule has 0 saturated carbocycles. The largest absolute Gasteiger partial charge is 0.449 e. The summed E-state index contributed by atoms with van der Waals surface area (Å²) < 4.78 is 30.0. The molecule has 0 heterocycles. The summed E-state index contributed by atoms with van der Waals surface area (Å²) in [4.78, 5) is 22.6. The number of nitrogens with zero attached hydrogens (tertiary/aromatic N) is 1. The molecule has 8 heteroatoms. The Morgan fingerprint density at radius 2 is 1.77 bits per heavy atom. The summed E-state index contributed by atoms with van der Waals surface area (Å²) in [5.41, 5.74) is 1.09. The average molecular weight is 328 g/mol. The molecule has 0 unspecified atom stereocenters. The van der Waals surface area contributed by atoms with Crippen LogP contribution in [-0.4, -0.2) is 37.9 Å². The van der Waals surface area contributed by atoms with Crippen LogP contribution in [0.3, 0.4) is 0 Å². The summed E-state index contributed by atoms with van der Waals surface area (Å²) in [7, 11) is -3.81. The first-order valence-corrected chi connectivity index (χ1v) is 8.44. The molecule has 1 N–H and O–H groups in total. The van der Waals surface area contributed by atoms with Gasteiger partial charge in [-0.2, -0.15) is 0 Å². The fourth-order valence-electron chi connectivity index (χ4n) is 1.81. The zero-order chi connectivity index (χ0) is 16.8. The van der Waals surface area contributed by atoms with Crippen molar-refractivity contribution in [2.75, 3.05) is 18.5 Å². The molecule has 0 aliphatic rings. The molecule has 0 spiro atoms. The summed E-state index contributed by atoms with van der Waals surface area (Å²) in [6.45, 7) is 4.67. The van der Waals surface area contributed by atoms with Gasteiger partial charge in [0.2, 0.25) is 15.9 Å². The second-order valence-electron chi connectivity index (χ2n) is 4.50. The van der Waals surface area contributed by atoms with E-state index in [4.69, 9.17) is 4.74 Å². The van der Waals surface area contributed by atoms with Gasteiger partial charge in [0, 0.05) is 19.2 Å². The summed E-state index contributed by atoms with van der Waals surface area (Å²) in [6.07, 6.45) is -0.875. The molecule has 0 fully saturated rings. The zero-order valence-electron chi connectivity index (χ0n) is 12.8. The van der Waals surface area contributed by atoms with Crippen LogP contribution in [0.1, 0.15) is 26.3 Å². The number of amides is 2. The van der Waals surface area contributed by atoms with Gasteiger partial charge >= 0.3 is 6.09 Å². The highest BCUT2D eigenvalue weighted by molar-refractivity contribution is 7.88. The smallest absolute Gasteiger partial charge is 0.423 e. The first kappa shape index (κ1) is 18.0. The Morgan fingerprint density at radius 1 is 1.18 bits per heavy atom. The third-order valence-electron chi connectivity index (χ3n) is 2.72. The van der Waals surface area contributed by atoms with Crippen LogP contribution in [0.25, 0.3) is 0 Å². The molecule has 0 aliphatic heterocycles. The van der Waals surface area contributed by atoms with Gasteiger partial charge in [-0.05, 0) is 31.5 Å². The minimum Gasteiger partial charge on any atom is -0.449 e. The molecule has 0 atom stereocenters. The van der Waals surface area contributed by atoms with E-state index in [9.17, 15) is 18.0 Å². The number of anilines is 1. The normalized spacial score (nSPS) is 10.9. The third-order valence-corrected chi connectivity index (χ3v) is 4.49. The van der Waals surface area contributed by atoms with Gasteiger partial charge in [-0.3, -0.25) is 4.79 Å². The molecular weight excluding hydrogens is 308 g/mol. The van der Waals surface area contributed by atoms with Crippen LogP contribution >= 0.6 is 0 Å². The van der Waals surface area contributed by atoms with Gasteiger partial charge in [0.15, 0.2) is 0 Å². The van der Waals surface area contributed by atoms with Gasteiger partial charge in [0.1, 0.15) is 0 Å². The number of ether oxygens (including phenoxy) is 1. The Labute approximate surface area is 130 Å². The summed E-state index contributed by atoms with van der Waals surface area (Å²) in [5.74, 6) is -0.528. The number of carbonyl (C=O) groups excluding carboxylic acids is 2. The first-order chi connectivity index (χ1) is 10.3. The van der Waals surface area contributed by atoms with Crippen molar-refractivity contribution >= 4 is 27.7 Å². The molecule has 1 aromatic carbocycles. The van der Waals surface area contributed by atoms with Crippen LogP contribution in [-0.2, 0) is 25.3 Å².